The van der Waals surface area contributed by atoms with E-state index in [-0.39, 0.29) is 32.3 Å². The fraction of sp³-hybridized carbons (Fsp3) is 0.500. The van der Waals surface area contributed by atoms with Gasteiger partial charge in [0.1, 0.15) is 5.60 Å². The lowest BCUT2D eigenvalue weighted by Crippen LogP contribution is -2.24. The van der Waals surface area contributed by atoms with E-state index < -0.39 is 0 Å². The molecule has 0 amide bonds. The summed E-state index contributed by atoms with van der Waals surface area (Å²) in [6.07, 6.45) is 6.61. The molecule has 86 valence electrons. The Morgan fingerprint density at radius 2 is 2.13 bits per heavy atom. The highest BCUT2D eigenvalue weighted by Crippen LogP contribution is 2.09. The van der Waals surface area contributed by atoms with Crippen LogP contribution < -0.4 is 0 Å². The summed E-state index contributed by atoms with van der Waals surface area (Å²) in [6, 6.07) is 0. The Balaban J connectivity index is 3.71. The van der Waals surface area contributed by atoms with E-state index in [1.165, 1.54) is 0 Å². The lowest BCUT2D eigenvalue weighted by Gasteiger charge is -2.18. The van der Waals surface area contributed by atoms with E-state index >= 15 is 0 Å². The van der Waals surface area contributed by atoms with Crippen molar-refractivity contribution in [2.75, 3.05) is 4.43 Å². The monoisotopic (exact) mass is 322 g/mol. The van der Waals surface area contributed by atoms with Crippen molar-refractivity contribution in [3.63, 3.8) is 0 Å². The average Bonchev–Trinajstić information content (AvgIpc) is 2.08. The van der Waals surface area contributed by atoms with Gasteiger partial charge in [0.15, 0.2) is 0 Å². The van der Waals surface area contributed by atoms with Gasteiger partial charge in [-0.2, -0.15) is 0 Å². The van der Waals surface area contributed by atoms with Gasteiger partial charge >= 0.3 is 5.97 Å². The molecule has 2 nitrogen and oxygen atoms in total. The molecule has 0 unspecified atom stereocenters. The van der Waals surface area contributed by atoms with Crippen molar-refractivity contribution in [3.8, 4) is 0 Å². The Kier molecular flexibility index (Phi) is 7.56. The van der Waals surface area contributed by atoms with Crippen LogP contribution in [0.3, 0.4) is 0 Å². The lowest BCUT2D eigenvalue weighted by atomic mass is 10.2. The summed E-state index contributed by atoms with van der Waals surface area (Å²) in [5.74, 6) is -0.0840. The lowest BCUT2D eigenvalue weighted by molar-refractivity contribution is -0.151. The number of allylic oxidation sites excluding steroid dienone is 3. The van der Waals surface area contributed by atoms with Crippen molar-refractivity contribution < 1.29 is 9.53 Å². The Hall–Kier alpha value is -0.450. The minimum atomic E-state index is -0.358. The van der Waals surface area contributed by atoms with E-state index in [1.807, 2.05) is 32.9 Å². The van der Waals surface area contributed by atoms with E-state index in [0.717, 1.165) is 6.42 Å². The first-order valence-corrected chi connectivity index (χ1v) is 7.61. The molecule has 0 spiro atoms. The molecular formula is C12H19IO2. The number of carbonyl (C=O) groups is 1. The van der Waals surface area contributed by atoms with E-state index in [4.69, 9.17) is 4.74 Å². The Bertz CT molecular complexity index is 259. The van der Waals surface area contributed by atoms with Gasteiger partial charge in [-0.05, 0) is 27.2 Å². The number of rotatable bonds is 5. The largest absolute Gasteiger partial charge is 0.459 e. The van der Waals surface area contributed by atoms with Crippen molar-refractivity contribution in [1.82, 2.24) is 0 Å². The summed E-state index contributed by atoms with van der Waals surface area (Å²) >= 11 is -0.173. The van der Waals surface area contributed by atoms with Crippen LogP contribution in [0.2, 0.25) is 0 Å². The van der Waals surface area contributed by atoms with Gasteiger partial charge in [0.2, 0.25) is 0 Å². The molecule has 0 aliphatic rings. The van der Waals surface area contributed by atoms with Gasteiger partial charge in [-0.25, -0.2) is 0 Å². The van der Waals surface area contributed by atoms with E-state index in [9.17, 15) is 4.79 Å². The highest BCUT2D eigenvalue weighted by Gasteiger charge is 2.14. The maximum atomic E-state index is 11.3. The van der Waals surface area contributed by atoms with Crippen LogP contribution >= 0.6 is 20.7 Å². The number of alkyl halides is 1. The Morgan fingerprint density at radius 3 is 2.67 bits per heavy atom. The fourth-order valence-electron chi connectivity index (χ4n) is 0.776. The molecule has 0 aromatic carbocycles. The van der Waals surface area contributed by atoms with Gasteiger partial charge in [0.25, 0.3) is 0 Å². The minimum Gasteiger partial charge on any atom is -0.459 e. The van der Waals surface area contributed by atoms with Crippen LogP contribution in [0.15, 0.2) is 24.8 Å². The molecule has 0 aromatic heterocycles. The van der Waals surface area contributed by atoms with Crippen LogP contribution in [0.1, 0.15) is 27.2 Å². The summed E-state index contributed by atoms with van der Waals surface area (Å²) in [7, 11) is 0. The number of hydrogen-bond acceptors (Lipinski definition) is 2. The molecule has 0 aromatic rings. The minimum absolute atomic E-state index is 0.0840. The molecule has 0 rings (SSSR count). The molecule has 0 saturated carbocycles. The maximum absolute atomic E-state index is 11.3. The van der Waals surface area contributed by atoms with Crippen LogP contribution in [-0.4, -0.2) is 20.0 Å². The fourth-order valence-corrected chi connectivity index (χ4v) is 2.26. The van der Waals surface area contributed by atoms with Gasteiger partial charge in [0, 0.05) is 0 Å². The van der Waals surface area contributed by atoms with Gasteiger partial charge in [0.05, 0.1) is 4.43 Å². The molecule has 0 saturated heterocycles. The molecule has 3 heteroatoms. The second-order valence-electron chi connectivity index (χ2n) is 3.93. The number of esters is 1. The van der Waals surface area contributed by atoms with Gasteiger partial charge < -0.3 is 4.74 Å². The summed E-state index contributed by atoms with van der Waals surface area (Å²) in [6.45, 7) is 9.25. The predicted molar refractivity (Wildman–Crippen MR) is 74.8 cm³/mol. The molecule has 0 radical (unpaired) electrons. The van der Waals surface area contributed by atoms with E-state index in [2.05, 4.69) is 10.6 Å². The highest BCUT2D eigenvalue weighted by molar-refractivity contribution is 14.2. The van der Waals surface area contributed by atoms with Crippen LogP contribution in [0.5, 0.6) is 0 Å². The number of carbonyl (C=O) groups excluding carboxylic acids is 1. The van der Waals surface area contributed by atoms with Gasteiger partial charge in [-0.1, -0.05) is 28.8 Å². The molecule has 0 fully saturated rings. The molecule has 0 N–H and O–H groups in total. The smallest absolute Gasteiger partial charge is 0.315 e. The maximum Gasteiger partial charge on any atom is 0.315 e. The third-order valence-corrected chi connectivity index (χ3v) is 3.41. The molecule has 0 aliphatic heterocycles. The predicted octanol–water partition coefficient (Wildman–Crippen LogP) is 3.23. The Labute approximate surface area is 102 Å². The molecule has 0 aliphatic carbocycles. The number of ether oxygens (including phenoxy) is 1. The second kappa shape index (κ2) is 7.79. The first-order chi connectivity index (χ1) is 6.95. The SMILES string of the molecule is C=CC=CCC=ICC(=O)OC(C)(C)C. The van der Waals surface area contributed by atoms with Gasteiger partial charge in [-0.15, -0.1) is 20.7 Å². The standard InChI is InChI=1S/C12H19IO2/c1-5-6-7-8-9-13-10-11(14)15-12(2,3)4/h5-7,9H,1,8,10H2,2-4H3. The third kappa shape index (κ3) is 11.5. The third-order valence-electron chi connectivity index (χ3n) is 1.21. The topological polar surface area (TPSA) is 26.3 Å². The van der Waals surface area contributed by atoms with Crippen LogP contribution in [0, 0.1) is 0 Å². The molecule has 0 heterocycles. The number of halogens is 1. The van der Waals surface area contributed by atoms with Crippen LogP contribution in [0.4, 0.5) is 0 Å². The normalized spacial score (nSPS) is 12.7. The number of hydrogen-bond donors (Lipinski definition) is 0. The zero-order valence-electron chi connectivity index (χ0n) is 9.63. The molecule has 15 heavy (non-hydrogen) atoms. The van der Waals surface area contributed by atoms with Gasteiger partial charge in [-0.3, -0.25) is 4.79 Å². The Morgan fingerprint density at radius 1 is 1.47 bits per heavy atom. The van der Waals surface area contributed by atoms with E-state index in [0.29, 0.717) is 4.43 Å². The first-order valence-electron chi connectivity index (χ1n) is 4.84. The summed E-state index contributed by atoms with van der Waals surface area (Å²) in [5, 5.41) is 0. The van der Waals surface area contributed by atoms with Crippen molar-refractivity contribution in [2.45, 2.75) is 32.8 Å². The molecular weight excluding hydrogens is 303 g/mol. The quantitative estimate of drug-likeness (QED) is 0.336. The van der Waals surface area contributed by atoms with Crippen LogP contribution in [-0.2, 0) is 9.53 Å². The summed E-state index contributed by atoms with van der Waals surface area (Å²) < 4.78 is 7.94. The van der Waals surface area contributed by atoms with Crippen molar-refractivity contribution in [2.24, 2.45) is 0 Å². The summed E-state index contributed by atoms with van der Waals surface area (Å²) in [5.41, 5.74) is -0.358. The second-order valence-corrected chi connectivity index (χ2v) is 6.45. The first kappa shape index (κ1) is 14.6. The molecule has 0 bridgehead atoms. The zero-order chi connectivity index (χ0) is 11.7. The zero-order valence-corrected chi connectivity index (χ0v) is 11.8. The summed E-state index contributed by atoms with van der Waals surface area (Å²) in [4.78, 5) is 11.3. The van der Waals surface area contributed by atoms with Crippen molar-refractivity contribution in [3.05, 3.63) is 24.8 Å². The highest BCUT2D eigenvalue weighted by atomic mass is 127. The van der Waals surface area contributed by atoms with Crippen molar-refractivity contribution in [1.29, 1.82) is 0 Å². The van der Waals surface area contributed by atoms with E-state index in [1.54, 1.807) is 6.08 Å². The average molecular weight is 322 g/mol. The molecule has 0 atom stereocenters. The van der Waals surface area contributed by atoms with Crippen molar-refractivity contribution >= 4 is 30.7 Å². The van der Waals surface area contributed by atoms with Crippen LogP contribution in [0.25, 0.3) is 0 Å².